The summed E-state index contributed by atoms with van der Waals surface area (Å²) in [5.74, 6) is 0. The predicted octanol–water partition coefficient (Wildman–Crippen LogP) is 3.81. The second kappa shape index (κ2) is 5.05. The largest absolute Gasteiger partial charge is 0.295 e. The summed E-state index contributed by atoms with van der Waals surface area (Å²) in [6, 6.07) is 9.13. The molecule has 1 heteroatoms. The van der Waals surface area contributed by atoms with Crippen LogP contribution in [0.4, 0.5) is 0 Å². The highest BCUT2D eigenvalue weighted by Crippen LogP contribution is 2.34. The maximum Gasteiger partial charge on any atom is 0.0222 e. The van der Waals surface area contributed by atoms with Crippen LogP contribution in [-0.2, 0) is 12.8 Å². The van der Waals surface area contributed by atoms with E-state index in [1.54, 1.807) is 11.1 Å². The van der Waals surface area contributed by atoms with E-state index in [2.05, 4.69) is 36.1 Å². The van der Waals surface area contributed by atoms with Crippen LogP contribution in [0, 0.1) is 0 Å². The number of benzene rings is 1. The zero-order chi connectivity index (χ0) is 12.4. The fourth-order valence-electron chi connectivity index (χ4n) is 3.51. The molecule has 0 aromatic heterocycles. The van der Waals surface area contributed by atoms with E-state index in [-0.39, 0.29) is 0 Å². The number of nitrogens with zero attached hydrogens (tertiary/aromatic N) is 1. The van der Waals surface area contributed by atoms with Crippen molar-refractivity contribution >= 4 is 0 Å². The first-order chi connectivity index (χ1) is 8.78. The van der Waals surface area contributed by atoms with Crippen molar-refractivity contribution in [2.75, 3.05) is 13.1 Å². The Labute approximate surface area is 111 Å². The number of fused-ring (bicyclic) bond motifs is 1. The molecule has 0 spiro atoms. The minimum absolute atomic E-state index is 0.424. The predicted molar refractivity (Wildman–Crippen MR) is 76.9 cm³/mol. The standard InChI is InChI=1S/C17H25N/c1-17(18-12-13-18)11-7-3-2-4-8-15-9-5-6-10-16(15)14-17/h5-6,9-10H,2-4,7-8,11-14H2,1H3. The second-order valence-corrected chi connectivity index (χ2v) is 6.34. The normalized spacial score (nSPS) is 29.6. The van der Waals surface area contributed by atoms with Gasteiger partial charge in [0, 0.05) is 18.6 Å². The summed E-state index contributed by atoms with van der Waals surface area (Å²) >= 11 is 0. The lowest BCUT2D eigenvalue weighted by Crippen LogP contribution is -2.37. The van der Waals surface area contributed by atoms with E-state index >= 15 is 0 Å². The average molecular weight is 243 g/mol. The van der Waals surface area contributed by atoms with Crippen molar-refractivity contribution in [1.82, 2.24) is 4.90 Å². The third-order valence-corrected chi connectivity index (χ3v) is 4.81. The molecule has 1 saturated heterocycles. The lowest BCUT2D eigenvalue weighted by molar-refractivity contribution is 0.223. The smallest absolute Gasteiger partial charge is 0.0222 e. The fraction of sp³-hybridized carbons (Fsp3) is 0.647. The number of hydrogen-bond donors (Lipinski definition) is 0. The summed E-state index contributed by atoms with van der Waals surface area (Å²) in [4.78, 5) is 2.67. The van der Waals surface area contributed by atoms with Crippen molar-refractivity contribution in [3.8, 4) is 0 Å². The monoisotopic (exact) mass is 243 g/mol. The molecule has 0 bridgehead atoms. The van der Waals surface area contributed by atoms with Crippen molar-refractivity contribution in [2.45, 2.75) is 57.4 Å². The minimum atomic E-state index is 0.424. The van der Waals surface area contributed by atoms with Crippen LogP contribution in [-0.4, -0.2) is 23.5 Å². The average Bonchev–Trinajstić information content (AvgIpc) is 3.20. The Kier molecular flexibility index (Phi) is 3.43. The van der Waals surface area contributed by atoms with Gasteiger partial charge in [-0.15, -0.1) is 0 Å². The van der Waals surface area contributed by atoms with E-state index in [1.807, 2.05) is 0 Å². The van der Waals surface area contributed by atoms with Crippen LogP contribution in [0.1, 0.15) is 50.2 Å². The summed E-state index contributed by atoms with van der Waals surface area (Å²) in [5, 5.41) is 0. The van der Waals surface area contributed by atoms with Gasteiger partial charge >= 0.3 is 0 Å². The molecular weight excluding hydrogens is 218 g/mol. The van der Waals surface area contributed by atoms with Crippen LogP contribution < -0.4 is 0 Å². The first kappa shape index (κ1) is 12.2. The Hall–Kier alpha value is -0.820. The van der Waals surface area contributed by atoms with Crippen molar-refractivity contribution in [3.63, 3.8) is 0 Å². The molecule has 3 rings (SSSR count). The highest BCUT2D eigenvalue weighted by atomic mass is 15.3. The molecule has 98 valence electrons. The Morgan fingerprint density at radius 3 is 2.44 bits per heavy atom. The Bertz CT molecular complexity index is 408. The van der Waals surface area contributed by atoms with Gasteiger partial charge in [0.05, 0.1) is 0 Å². The first-order valence-corrected chi connectivity index (χ1v) is 7.60. The van der Waals surface area contributed by atoms with Crippen LogP contribution in [0.15, 0.2) is 24.3 Å². The van der Waals surface area contributed by atoms with E-state index in [9.17, 15) is 0 Å². The van der Waals surface area contributed by atoms with Crippen molar-refractivity contribution in [2.24, 2.45) is 0 Å². The molecule has 18 heavy (non-hydrogen) atoms. The van der Waals surface area contributed by atoms with Gasteiger partial charge in [0.15, 0.2) is 0 Å². The molecule has 0 saturated carbocycles. The molecule has 0 N–H and O–H groups in total. The molecule has 1 heterocycles. The van der Waals surface area contributed by atoms with E-state index in [4.69, 9.17) is 0 Å². The third kappa shape index (κ3) is 2.61. The van der Waals surface area contributed by atoms with E-state index in [0.29, 0.717) is 5.54 Å². The molecule has 1 nitrogen and oxygen atoms in total. The maximum absolute atomic E-state index is 2.67. The molecule has 1 atom stereocenters. The summed E-state index contributed by atoms with van der Waals surface area (Å²) in [5.41, 5.74) is 3.63. The molecular formula is C17H25N. The molecule has 0 amide bonds. The fourth-order valence-corrected chi connectivity index (χ4v) is 3.51. The van der Waals surface area contributed by atoms with Crippen LogP contribution in [0.2, 0.25) is 0 Å². The second-order valence-electron chi connectivity index (χ2n) is 6.34. The van der Waals surface area contributed by atoms with Gasteiger partial charge in [-0.25, -0.2) is 0 Å². The van der Waals surface area contributed by atoms with Gasteiger partial charge in [0.1, 0.15) is 0 Å². The SMILES string of the molecule is CC1(N2CC2)CCCCCCc2ccccc2C1. The van der Waals surface area contributed by atoms with Crippen molar-refractivity contribution < 1.29 is 0 Å². The first-order valence-electron chi connectivity index (χ1n) is 7.60. The van der Waals surface area contributed by atoms with Gasteiger partial charge in [-0.05, 0) is 43.7 Å². The van der Waals surface area contributed by atoms with Crippen molar-refractivity contribution in [1.29, 1.82) is 0 Å². The van der Waals surface area contributed by atoms with Gasteiger partial charge in [-0.2, -0.15) is 0 Å². The summed E-state index contributed by atoms with van der Waals surface area (Å²) < 4.78 is 0. The topological polar surface area (TPSA) is 3.01 Å². The summed E-state index contributed by atoms with van der Waals surface area (Å²) in [6.07, 6.45) is 9.53. The molecule has 1 aliphatic carbocycles. The highest BCUT2D eigenvalue weighted by Gasteiger charge is 2.38. The Morgan fingerprint density at radius 1 is 0.944 bits per heavy atom. The lowest BCUT2D eigenvalue weighted by Gasteiger charge is -2.33. The molecule has 1 aromatic rings. The third-order valence-electron chi connectivity index (χ3n) is 4.81. The molecule has 2 aliphatic rings. The quantitative estimate of drug-likeness (QED) is 0.678. The van der Waals surface area contributed by atoms with Gasteiger partial charge in [-0.3, -0.25) is 4.90 Å². The maximum atomic E-state index is 2.67. The Balaban J connectivity index is 1.87. The number of aryl methyl sites for hydroxylation is 1. The molecule has 1 aliphatic heterocycles. The van der Waals surface area contributed by atoms with Crippen LogP contribution >= 0.6 is 0 Å². The molecule has 1 unspecified atom stereocenters. The van der Waals surface area contributed by atoms with Crippen LogP contribution in [0.5, 0.6) is 0 Å². The summed E-state index contributed by atoms with van der Waals surface area (Å²) in [7, 11) is 0. The zero-order valence-corrected chi connectivity index (χ0v) is 11.6. The van der Waals surface area contributed by atoms with E-state index in [1.165, 1.54) is 58.0 Å². The van der Waals surface area contributed by atoms with E-state index < -0.39 is 0 Å². The van der Waals surface area contributed by atoms with Crippen molar-refractivity contribution in [3.05, 3.63) is 35.4 Å². The molecule has 0 radical (unpaired) electrons. The van der Waals surface area contributed by atoms with Crippen LogP contribution in [0.25, 0.3) is 0 Å². The zero-order valence-electron chi connectivity index (χ0n) is 11.6. The van der Waals surface area contributed by atoms with Gasteiger partial charge in [0.25, 0.3) is 0 Å². The van der Waals surface area contributed by atoms with Gasteiger partial charge in [0.2, 0.25) is 0 Å². The molecule has 1 aromatic carbocycles. The van der Waals surface area contributed by atoms with Gasteiger partial charge < -0.3 is 0 Å². The number of hydrogen-bond acceptors (Lipinski definition) is 1. The van der Waals surface area contributed by atoms with Crippen LogP contribution in [0.3, 0.4) is 0 Å². The molecule has 1 fully saturated rings. The van der Waals surface area contributed by atoms with Gasteiger partial charge in [-0.1, -0.05) is 43.5 Å². The lowest BCUT2D eigenvalue weighted by atomic mass is 9.83. The highest BCUT2D eigenvalue weighted by molar-refractivity contribution is 5.29. The summed E-state index contributed by atoms with van der Waals surface area (Å²) in [6.45, 7) is 5.12. The van der Waals surface area contributed by atoms with E-state index in [0.717, 1.165) is 0 Å². The number of rotatable bonds is 1. The minimum Gasteiger partial charge on any atom is -0.295 e. The Morgan fingerprint density at radius 2 is 1.67 bits per heavy atom.